The van der Waals surface area contributed by atoms with Crippen molar-refractivity contribution in [2.45, 2.75) is 0 Å². The summed E-state index contributed by atoms with van der Waals surface area (Å²) in [4.78, 5) is 15.7. The zero-order chi connectivity index (χ0) is 43.4. The third kappa shape index (κ3) is 5.11. The fourth-order valence-corrected chi connectivity index (χ4v) is 9.49. The van der Waals surface area contributed by atoms with Gasteiger partial charge in [-0.05, 0) is 45.8 Å². The fourth-order valence-electron chi connectivity index (χ4n) is 8.40. The van der Waals surface area contributed by atoms with E-state index in [9.17, 15) is 1.37 Å². The average Bonchev–Trinajstić information content (AvgIpc) is 3.90. The summed E-state index contributed by atoms with van der Waals surface area (Å²) in [5.74, 6) is 1.48. The van der Waals surface area contributed by atoms with Crippen LogP contribution in [0.4, 0.5) is 0 Å². The largest absolute Gasteiger partial charge is 0.309 e. The molecule has 4 nitrogen and oxygen atoms in total. The van der Waals surface area contributed by atoms with Crippen LogP contribution in [0.1, 0.15) is 8.22 Å². The van der Waals surface area contributed by atoms with Crippen LogP contribution >= 0.6 is 11.3 Å². The van der Waals surface area contributed by atoms with Crippen molar-refractivity contribution in [3.05, 3.63) is 194 Å². The van der Waals surface area contributed by atoms with Crippen LogP contribution in [0.15, 0.2) is 194 Å². The second-order valence-electron chi connectivity index (χ2n) is 14.3. The molecule has 0 saturated carbocycles. The van der Waals surface area contributed by atoms with Gasteiger partial charge >= 0.3 is 0 Å². The summed E-state index contributed by atoms with van der Waals surface area (Å²) in [6, 6.07) is 51.5. The molecule has 0 spiro atoms. The lowest BCUT2D eigenvalue weighted by atomic mass is 9.98. The molecule has 0 aliphatic carbocycles. The lowest BCUT2D eigenvalue weighted by Crippen LogP contribution is -2.03. The summed E-state index contributed by atoms with van der Waals surface area (Å²) >= 11 is 1.23. The Balaban J connectivity index is 1.20. The van der Waals surface area contributed by atoms with Gasteiger partial charge in [0.25, 0.3) is 0 Å². The number of hydrogen-bond donors (Lipinski definition) is 0. The lowest BCUT2D eigenvalue weighted by molar-refractivity contribution is 1.08. The monoisotopic (exact) mass is 762 g/mol. The van der Waals surface area contributed by atoms with Crippen LogP contribution in [0, 0.1) is 0 Å². The molecule has 12 aromatic rings. The zero-order valence-corrected chi connectivity index (χ0v) is 31.5. The zero-order valence-electron chi connectivity index (χ0n) is 36.7. The third-order valence-corrected chi connectivity index (χ3v) is 12.2. The summed E-state index contributed by atoms with van der Waals surface area (Å²) in [5, 5.41) is 6.81. The van der Waals surface area contributed by atoms with Crippen LogP contribution < -0.4 is 0 Å². The summed E-state index contributed by atoms with van der Waals surface area (Å²) in [6.45, 7) is 0. The van der Waals surface area contributed by atoms with Gasteiger partial charge in [0, 0.05) is 58.8 Å². The molecule has 3 aromatic heterocycles. The minimum Gasteiger partial charge on any atom is -0.309 e. The molecule has 0 N–H and O–H groups in total. The second kappa shape index (κ2) is 13.1. The highest BCUT2D eigenvalue weighted by atomic mass is 32.1. The second-order valence-corrected chi connectivity index (χ2v) is 15.3. The van der Waals surface area contributed by atoms with Crippen LogP contribution in [0.3, 0.4) is 0 Å². The van der Waals surface area contributed by atoms with E-state index in [1.807, 2.05) is 91.0 Å². The Labute approximate surface area is 346 Å². The molecule has 12 rings (SSSR count). The minimum atomic E-state index is -0.294. The van der Waals surface area contributed by atoms with E-state index in [-0.39, 0.29) is 36.3 Å². The van der Waals surface area contributed by atoms with E-state index in [4.69, 9.17) is 21.8 Å². The normalized spacial score (nSPS) is 13.2. The number of rotatable bonds is 5. The molecular formula is C53H32N4S. The number of nitrogens with zero attached hydrogens (tertiary/aromatic N) is 4. The van der Waals surface area contributed by atoms with E-state index in [1.54, 1.807) is 0 Å². The van der Waals surface area contributed by atoms with Gasteiger partial charge < -0.3 is 4.57 Å². The average molecular weight is 763 g/mol. The van der Waals surface area contributed by atoms with Crippen molar-refractivity contribution in [1.29, 1.82) is 0 Å². The first kappa shape index (κ1) is 27.2. The van der Waals surface area contributed by atoms with Crippen molar-refractivity contribution < 1.29 is 8.22 Å². The van der Waals surface area contributed by atoms with Crippen LogP contribution in [0.25, 0.3) is 115 Å². The van der Waals surface area contributed by atoms with Crippen molar-refractivity contribution in [3.63, 3.8) is 0 Å². The fraction of sp³-hybridized carbons (Fsp3) is 0. The molecule has 3 heterocycles. The molecular weight excluding hydrogens is 725 g/mol. The third-order valence-electron chi connectivity index (χ3n) is 11.0. The molecule has 0 saturated heterocycles. The van der Waals surface area contributed by atoms with Crippen molar-refractivity contribution in [2.24, 2.45) is 0 Å². The maximum absolute atomic E-state index is 9.55. The van der Waals surface area contributed by atoms with Gasteiger partial charge in [0.05, 0.1) is 24.9 Å². The van der Waals surface area contributed by atoms with E-state index >= 15 is 0 Å². The van der Waals surface area contributed by atoms with Crippen LogP contribution in [-0.4, -0.2) is 19.5 Å². The quantitative estimate of drug-likeness (QED) is 0.175. The van der Waals surface area contributed by atoms with Gasteiger partial charge in [0.2, 0.25) is 0 Å². The SMILES string of the molecule is [2H]c1cc([2H])c2sc3c(-c4ccc(-c5nc(-c6cccc7ccccc67)nc(-c6cccc7ccccc67)n5)cc4-n4c5ccccc5c5ccccc54)c([2H])c([2H])c([2H])c3c2c1[2H]. The summed E-state index contributed by atoms with van der Waals surface area (Å²) in [7, 11) is 0. The molecule has 58 heavy (non-hydrogen) atoms. The number of hydrogen-bond acceptors (Lipinski definition) is 4. The molecule has 0 bridgehead atoms. The molecule has 0 aliphatic rings. The Morgan fingerprint density at radius 1 is 0.414 bits per heavy atom. The molecule has 0 radical (unpaired) electrons. The van der Waals surface area contributed by atoms with Gasteiger partial charge in [-0.3, -0.25) is 0 Å². The topological polar surface area (TPSA) is 43.6 Å². The Morgan fingerprint density at radius 3 is 1.66 bits per heavy atom. The maximum Gasteiger partial charge on any atom is 0.164 e. The smallest absolute Gasteiger partial charge is 0.164 e. The van der Waals surface area contributed by atoms with Crippen molar-refractivity contribution >= 4 is 74.9 Å². The van der Waals surface area contributed by atoms with E-state index in [2.05, 4.69) is 65.2 Å². The van der Waals surface area contributed by atoms with Gasteiger partial charge in [-0.2, -0.15) is 0 Å². The maximum atomic E-state index is 9.55. The molecule has 9 aromatic carbocycles. The van der Waals surface area contributed by atoms with Gasteiger partial charge in [-0.15, -0.1) is 11.3 Å². The van der Waals surface area contributed by atoms with Crippen molar-refractivity contribution in [2.75, 3.05) is 0 Å². The molecule has 0 amide bonds. The first-order valence-electron chi connectivity index (χ1n) is 22.0. The predicted octanol–water partition coefficient (Wildman–Crippen LogP) is 14.3. The Morgan fingerprint density at radius 2 is 0.983 bits per heavy atom. The van der Waals surface area contributed by atoms with Crippen LogP contribution in [0.5, 0.6) is 0 Å². The van der Waals surface area contributed by atoms with Crippen molar-refractivity contribution in [1.82, 2.24) is 19.5 Å². The lowest BCUT2D eigenvalue weighted by Gasteiger charge is -2.17. The predicted molar refractivity (Wildman–Crippen MR) is 244 cm³/mol. The number of para-hydroxylation sites is 2. The Hall–Kier alpha value is -7.47. The highest BCUT2D eigenvalue weighted by molar-refractivity contribution is 7.26. The number of thiophene rings is 1. The molecule has 0 aliphatic heterocycles. The summed E-state index contributed by atoms with van der Waals surface area (Å²) < 4.78 is 57.2. The highest BCUT2D eigenvalue weighted by Gasteiger charge is 2.21. The van der Waals surface area contributed by atoms with E-state index in [0.717, 1.165) is 54.5 Å². The highest BCUT2D eigenvalue weighted by Crippen LogP contribution is 2.44. The van der Waals surface area contributed by atoms with Crippen molar-refractivity contribution in [3.8, 4) is 51.0 Å². The van der Waals surface area contributed by atoms with Gasteiger partial charge in [0.1, 0.15) is 0 Å². The minimum absolute atomic E-state index is 0.0670. The van der Waals surface area contributed by atoms with E-state index < -0.39 is 0 Å². The first-order valence-corrected chi connectivity index (χ1v) is 19.9. The molecule has 270 valence electrons. The van der Waals surface area contributed by atoms with E-state index in [1.165, 1.54) is 17.4 Å². The van der Waals surface area contributed by atoms with Crippen LogP contribution in [-0.2, 0) is 0 Å². The Kier molecular flexibility index (Phi) is 6.12. The standard InChI is InChI=1S/C53H32N4S/c1-3-18-36-33(14-1)16-11-25-44(36)52-54-51(55-53(56-52)45-26-12-17-34-15-2-4-19-37(34)45)35-30-31-40(42-23-13-24-43-41-22-7-10-29-49(41)58-50(42)43)48(32-35)57-46-27-8-5-20-38(46)39-21-6-9-28-47(39)57/h1-32H/i7D,13D,22D,23D,24D,29D. The Bertz CT molecular complexity index is 3790. The van der Waals surface area contributed by atoms with Gasteiger partial charge in [0.15, 0.2) is 17.5 Å². The summed E-state index contributed by atoms with van der Waals surface area (Å²) in [6.07, 6.45) is 0. The van der Waals surface area contributed by atoms with E-state index in [0.29, 0.717) is 60.0 Å². The number of benzene rings is 9. The first-order chi connectivity index (χ1) is 31.2. The molecule has 0 atom stereocenters. The molecule has 0 unspecified atom stereocenters. The number of fused-ring (bicyclic) bond motifs is 8. The number of aromatic nitrogens is 4. The molecule has 0 fully saturated rings. The van der Waals surface area contributed by atoms with Gasteiger partial charge in [-0.25, -0.2) is 15.0 Å². The van der Waals surface area contributed by atoms with Crippen LogP contribution in [0.2, 0.25) is 0 Å². The molecule has 5 heteroatoms. The van der Waals surface area contributed by atoms with Gasteiger partial charge in [-0.1, -0.05) is 170 Å². The summed E-state index contributed by atoms with van der Waals surface area (Å²) in [5.41, 5.74) is 5.99.